The first kappa shape index (κ1) is 15.6. The van der Waals surface area contributed by atoms with E-state index in [0.29, 0.717) is 23.5 Å². The van der Waals surface area contributed by atoms with Gasteiger partial charge in [-0.05, 0) is 41.0 Å². The van der Waals surface area contributed by atoms with E-state index in [4.69, 9.17) is 0 Å². The Hall–Kier alpha value is -2.67. The van der Waals surface area contributed by atoms with Crippen molar-refractivity contribution in [3.8, 4) is 0 Å². The first-order valence-corrected chi connectivity index (χ1v) is 9.58. The predicted molar refractivity (Wildman–Crippen MR) is 106 cm³/mol. The van der Waals surface area contributed by atoms with Crippen molar-refractivity contribution in [1.82, 2.24) is 0 Å². The van der Waals surface area contributed by atoms with Crippen LogP contribution < -0.4 is 0 Å². The van der Waals surface area contributed by atoms with Crippen LogP contribution >= 0.6 is 0 Å². The molecule has 1 nitrogen and oxygen atoms in total. The molecule has 6 rings (SSSR count). The van der Waals surface area contributed by atoms with Crippen molar-refractivity contribution in [3.05, 3.63) is 96.1 Å². The summed E-state index contributed by atoms with van der Waals surface area (Å²) in [6.45, 7) is 0. The van der Waals surface area contributed by atoms with E-state index < -0.39 is 0 Å². The highest BCUT2D eigenvalue weighted by atomic mass is 16.1. The van der Waals surface area contributed by atoms with Gasteiger partial charge in [0.1, 0.15) is 0 Å². The summed E-state index contributed by atoms with van der Waals surface area (Å²) in [5.41, 5.74) is 2.19. The molecule has 2 bridgehead atoms. The minimum absolute atomic E-state index is 0.0481. The number of carbonyl (C=O) groups excluding carboxylic acids is 1. The molecule has 3 unspecified atom stereocenters. The highest BCUT2D eigenvalue weighted by molar-refractivity contribution is 6.09. The third-order valence-corrected chi connectivity index (χ3v) is 6.29. The Morgan fingerprint density at radius 2 is 1.42 bits per heavy atom. The van der Waals surface area contributed by atoms with Gasteiger partial charge in [0, 0.05) is 17.4 Å². The molecule has 26 heavy (non-hydrogen) atoms. The van der Waals surface area contributed by atoms with Crippen LogP contribution in [0, 0.1) is 17.8 Å². The van der Waals surface area contributed by atoms with Crippen LogP contribution in [0.2, 0.25) is 0 Å². The van der Waals surface area contributed by atoms with Gasteiger partial charge < -0.3 is 0 Å². The van der Waals surface area contributed by atoms with Gasteiger partial charge in [-0.1, -0.05) is 84.9 Å². The molecule has 3 aromatic rings. The van der Waals surface area contributed by atoms with Crippen LogP contribution in [-0.2, 0) is 0 Å². The monoisotopic (exact) mass is 338 g/mol. The molecule has 1 heteroatoms. The van der Waals surface area contributed by atoms with E-state index in [1.807, 2.05) is 24.3 Å². The van der Waals surface area contributed by atoms with Gasteiger partial charge in [-0.15, -0.1) is 0 Å². The fourth-order valence-corrected chi connectivity index (χ4v) is 5.10. The fourth-order valence-electron chi connectivity index (χ4n) is 5.10. The SMILES string of the molecule is O=C(c1cccc2ccccc12)[C@H]1C2C=CC(CC2)C1c1ccccc1. The molecule has 0 aromatic heterocycles. The van der Waals surface area contributed by atoms with Gasteiger partial charge in [0.25, 0.3) is 0 Å². The molecule has 0 aliphatic heterocycles. The van der Waals surface area contributed by atoms with Crippen LogP contribution in [0.5, 0.6) is 0 Å². The van der Waals surface area contributed by atoms with E-state index in [9.17, 15) is 4.79 Å². The molecule has 3 aliphatic rings. The van der Waals surface area contributed by atoms with Crippen LogP contribution in [0.25, 0.3) is 10.8 Å². The smallest absolute Gasteiger partial charge is 0.167 e. The summed E-state index contributed by atoms with van der Waals surface area (Å²) in [6, 6.07) is 25.0. The minimum atomic E-state index is 0.0481. The number of rotatable bonds is 3. The Morgan fingerprint density at radius 1 is 0.731 bits per heavy atom. The van der Waals surface area contributed by atoms with Gasteiger partial charge in [-0.2, -0.15) is 0 Å². The van der Waals surface area contributed by atoms with Gasteiger partial charge >= 0.3 is 0 Å². The molecule has 0 spiro atoms. The molecule has 3 aliphatic carbocycles. The molecule has 1 saturated carbocycles. The quantitative estimate of drug-likeness (QED) is 0.422. The number of ketones is 1. The van der Waals surface area contributed by atoms with Crippen molar-refractivity contribution < 1.29 is 4.79 Å². The molecule has 0 amide bonds. The van der Waals surface area contributed by atoms with Gasteiger partial charge in [0.15, 0.2) is 5.78 Å². The first-order chi connectivity index (χ1) is 12.8. The Morgan fingerprint density at radius 3 is 2.23 bits per heavy atom. The summed E-state index contributed by atoms with van der Waals surface area (Å²) in [6.07, 6.45) is 6.99. The topological polar surface area (TPSA) is 17.1 Å². The Labute approximate surface area is 154 Å². The maximum Gasteiger partial charge on any atom is 0.167 e. The maximum absolute atomic E-state index is 13.8. The van der Waals surface area contributed by atoms with Crippen molar-refractivity contribution in [2.24, 2.45) is 17.8 Å². The average molecular weight is 338 g/mol. The van der Waals surface area contributed by atoms with Crippen LogP contribution in [0.3, 0.4) is 0 Å². The van der Waals surface area contributed by atoms with E-state index >= 15 is 0 Å². The largest absolute Gasteiger partial charge is 0.294 e. The Balaban J connectivity index is 1.63. The number of Topliss-reactive ketones (excluding diaryl/α,β-unsaturated/α-hetero) is 1. The summed E-state index contributed by atoms with van der Waals surface area (Å²) >= 11 is 0. The molecule has 3 aromatic carbocycles. The highest BCUT2D eigenvalue weighted by Crippen LogP contribution is 2.51. The lowest BCUT2D eigenvalue weighted by atomic mass is 9.58. The zero-order valence-corrected chi connectivity index (χ0v) is 14.7. The van der Waals surface area contributed by atoms with Crippen LogP contribution in [0.15, 0.2) is 84.9 Å². The molecule has 0 N–H and O–H groups in total. The normalized spacial score (nSPS) is 26.9. The number of benzene rings is 3. The molecule has 1 fully saturated rings. The average Bonchev–Trinajstić information content (AvgIpc) is 2.73. The first-order valence-electron chi connectivity index (χ1n) is 9.58. The summed E-state index contributed by atoms with van der Waals surface area (Å²) in [5.74, 6) is 1.50. The third kappa shape index (κ3) is 2.42. The number of allylic oxidation sites excluding steroid dienone is 2. The summed E-state index contributed by atoms with van der Waals surface area (Å²) in [5, 5.41) is 2.23. The van der Waals surface area contributed by atoms with E-state index in [1.165, 1.54) is 12.0 Å². The van der Waals surface area contributed by atoms with Crippen LogP contribution in [0.4, 0.5) is 0 Å². The Bertz CT molecular complexity index is 980. The summed E-state index contributed by atoms with van der Waals surface area (Å²) < 4.78 is 0. The van der Waals surface area contributed by atoms with E-state index in [-0.39, 0.29) is 5.92 Å². The van der Waals surface area contributed by atoms with Gasteiger partial charge in [-0.25, -0.2) is 0 Å². The second-order valence-electron chi connectivity index (χ2n) is 7.64. The second-order valence-corrected chi connectivity index (χ2v) is 7.64. The third-order valence-electron chi connectivity index (χ3n) is 6.29. The van der Waals surface area contributed by atoms with Gasteiger partial charge in [0.05, 0.1) is 0 Å². The number of hydrogen-bond acceptors (Lipinski definition) is 1. The van der Waals surface area contributed by atoms with E-state index in [1.54, 1.807) is 0 Å². The predicted octanol–water partition coefficient (Wildman–Crippen LogP) is 6.02. The lowest BCUT2D eigenvalue weighted by molar-refractivity contribution is 0.0772. The van der Waals surface area contributed by atoms with Gasteiger partial charge in [-0.3, -0.25) is 4.79 Å². The number of fused-ring (bicyclic) bond motifs is 3. The number of carbonyl (C=O) groups is 1. The number of hydrogen-bond donors (Lipinski definition) is 0. The standard InChI is InChI=1S/C25H22O/c26-25(22-12-6-10-17-7-4-5-11-21(17)22)24-20-15-13-19(14-16-20)23(24)18-8-2-1-3-9-18/h1-13,15,19-20,23-24H,14,16H2/t19?,20?,23?,24-/m0/s1. The lowest BCUT2D eigenvalue weighted by Crippen LogP contribution is -2.40. The second kappa shape index (κ2) is 6.25. The molecule has 128 valence electrons. The van der Waals surface area contributed by atoms with Crippen molar-refractivity contribution >= 4 is 16.6 Å². The van der Waals surface area contributed by atoms with Crippen LogP contribution in [-0.4, -0.2) is 5.78 Å². The van der Waals surface area contributed by atoms with Crippen molar-refractivity contribution in [1.29, 1.82) is 0 Å². The zero-order valence-electron chi connectivity index (χ0n) is 14.7. The molecule has 4 atom stereocenters. The zero-order chi connectivity index (χ0) is 17.5. The maximum atomic E-state index is 13.8. The fraction of sp³-hybridized carbons (Fsp3) is 0.240. The molecular weight excluding hydrogens is 316 g/mol. The molecule has 0 saturated heterocycles. The van der Waals surface area contributed by atoms with Gasteiger partial charge in [0.2, 0.25) is 0 Å². The molecule has 0 radical (unpaired) electrons. The lowest BCUT2D eigenvalue weighted by Gasteiger charge is -2.44. The highest BCUT2D eigenvalue weighted by Gasteiger charge is 2.45. The van der Waals surface area contributed by atoms with E-state index in [0.717, 1.165) is 22.8 Å². The summed E-state index contributed by atoms with van der Waals surface area (Å²) in [4.78, 5) is 13.8. The van der Waals surface area contributed by atoms with E-state index in [2.05, 4.69) is 60.7 Å². The minimum Gasteiger partial charge on any atom is -0.294 e. The Kier molecular flexibility index (Phi) is 3.74. The van der Waals surface area contributed by atoms with Crippen molar-refractivity contribution in [2.75, 3.05) is 0 Å². The van der Waals surface area contributed by atoms with Crippen molar-refractivity contribution in [3.63, 3.8) is 0 Å². The molecule has 0 heterocycles. The van der Waals surface area contributed by atoms with Crippen molar-refractivity contribution in [2.45, 2.75) is 18.8 Å². The summed E-state index contributed by atoms with van der Waals surface area (Å²) in [7, 11) is 0. The molecular formula is C25H22O. The van der Waals surface area contributed by atoms with Crippen LogP contribution in [0.1, 0.15) is 34.7 Å².